The molecule has 4 rings (SSSR count). The minimum absolute atomic E-state index is 0.0838. The maximum absolute atomic E-state index is 14.7. The van der Waals surface area contributed by atoms with Crippen LogP contribution in [0.4, 0.5) is 8.78 Å². The van der Waals surface area contributed by atoms with Gasteiger partial charge in [0.15, 0.2) is 0 Å². The fourth-order valence-electron chi connectivity index (χ4n) is 4.03. The van der Waals surface area contributed by atoms with Gasteiger partial charge in [-0.1, -0.05) is 30.3 Å². The smallest absolute Gasteiger partial charge is 0.255 e. The Labute approximate surface area is 189 Å². The predicted molar refractivity (Wildman–Crippen MR) is 119 cm³/mol. The first-order valence-corrected chi connectivity index (χ1v) is 10.8. The zero-order valence-electron chi connectivity index (χ0n) is 17.5. The lowest BCUT2D eigenvalue weighted by Gasteiger charge is -2.34. The van der Waals surface area contributed by atoms with E-state index in [9.17, 15) is 18.4 Å². The van der Waals surface area contributed by atoms with Crippen molar-refractivity contribution in [2.75, 3.05) is 32.1 Å². The highest BCUT2D eigenvalue weighted by Crippen LogP contribution is 2.31. The van der Waals surface area contributed by atoms with Crippen molar-refractivity contribution >= 4 is 23.4 Å². The molecular weight excluding hydrogens is 436 g/mol. The maximum Gasteiger partial charge on any atom is 0.255 e. The van der Waals surface area contributed by atoms with Crippen molar-refractivity contribution in [3.8, 4) is 16.9 Å². The topological polar surface area (TPSA) is 45.6 Å². The number of halogens is 3. The van der Waals surface area contributed by atoms with Crippen molar-refractivity contribution < 1.29 is 18.4 Å². The number of piperazine rings is 1. The zero-order valence-corrected chi connectivity index (χ0v) is 18.3. The normalized spacial score (nSPS) is 14.0. The second kappa shape index (κ2) is 9.12. The summed E-state index contributed by atoms with van der Waals surface area (Å²) in [5.41, 5.74) is 2.59. The third-order valence-electron chi connectivity index (χ3n) is 5.73. The minimum Gasteiger partial charge on any atom is -0.338 e. The van der Waals surface area contributed by atoms with Crippen molar-refractivity contribution in [3.63, 3.8) is 0 Å². The number of nitrogens with zero attached hydrogens (tertiary/aromatic N) is 3. The molecule has 1 aromatic heterocycles. The number of aromatic nitrogens is 1. The van der Waals surface area contributed by atoms with Crippen LogP contribution in [-0.4, -0.2) is 58.2 Å². The van der Waals surface area contributed by atoms with Crippen LogP contribution in [0.5, 0.6) is 0 Å². The second-order valence-electron chi connectivity index (χ2n) is 7.63. The lowest BCUT2D eigenvalue weighted by Crippen LogP contribution is -2.51. The van der Waals surface area contributed by atoms with E-state index < -0.39 is 11.6 Å². The van der Waals surface area contributed by atoms with E-state index in [4.69, 9.17) is 11.6 Å². The van der Waals surface area contributed by atoms with Crippen LogP contribution in [0.3, 0.4) is 0 Å². The number of hydrogen-bond donors (Lipinski definition) is 0. The van der Waals surface area contributed by atoms with Crippen molar-refractivity contribution in [3.05, 3.63) is 77.5 Å². The number of alkyl halides is 1. The Kier molecular flexibility index (Phi) is 6.28. The number of rotatable bonds is 4. The fraction of sp³-hybridized carbons (Fsp3) is 0.250. The van der Waals surface area contributed by atoms with E-state index in [0.717, 1.165) is 11.6 Å². The highest BCUT2D eigenvalue weighted by Gasteiger charge is 2.28. The molecule has 2 heterocycles. The van der Waals surface area contributed by atoms with Crippen LogP contribution in [0, 0.1) is 18.6 Å². The summed E-state index contributed by atoms with van der Waals surface area (Å²) in [6, 6.07) is 14.5. The van der Waals surface area contributed by atoms with Gasteiger partial charge in [0.1, 0.15) is 17.5 Å². The van der Waals surface area contributed by atoms with Gasteiger partial charge >= 0.3 is 0 Å². The third-order valence-corrected chi connectivity index (χ3v) is 5.96. The van der Waals surface area contributed by atoms with Gasteiger partial charge in [0.05, 0.1) is 16.9 Å². The molecule has 2 amide bonds. The molecule has 1 aliphatic heterocycles. The number of carbonyl (C=O) groups excluding carboxylic acids is 2. The highest BCUT2D eigenvalue weighted by molar-refractivity contribution is 6.27. The molecule has 0 radical (unpaired) electrons. The molecule has 5 nitrogen and oxygen atoms in total. The SMILES string of the molecule is Cc1c(C(=O)N2CCN(C(=O)CCl)CC2)cc(-c2ccccc2)n1-c1ccc(F)cc1F. The Morgan fingerprint density at radius 2 is 1.59 bits per heavy atom. The second-order valence-corrected chi connectivity index (χ2v) is 7.90. The fourth-order valence-corrected chi connectivity index (χ4v) is 4.20. The van der Waals surface area contributed by atoms with Gasteiger partial charge in [-0.15, -0.1) is 11.6 Å². The molecular formula is C24H22ClF2N3O2. The van der Waals surface area contributed by atoms with E-state index in [1.165, 1.54) is 12.1 Å². The number of amides is 2. The Morgan fingerprint density at radius 3 is 2.22 bits per heavy atom. The average Bonchev–Trinajstić information content (AvgIpc) is 3.15. The Bertz CT molecular complexity index is 1160. The maximum atomic E-state index is 14.7. The molecule has 3 aromatic rings. The van der Waals surface area contributed by atoms with Crippen molar-refractivity contribution in [2.45, 2.75) is 6.92 Å². The van der Waals surface area contributed by atoms with E-state index in [2.05, 4.69) is 0 Å². The Balaban J connectivity index is 1.73. The van der Waals surface area contributed by atoms with Gasteiger partial charge in [-0.05, 0) is 30.7 Å². The van der Waals surface area contributed by atoms with E-state index in [1.807, 2.05) is 30.3 Å². The van der Waals surface area contributed by atoms with Gasteiger partial charge in [-0.25, -0.2) is 8.78 Å². The van der Waals surface area contributed by atoms with Crippen LogP contribution < -0.4 is 0 Å². The molecule has 0 aliphatic carbocycles. The molecule has 32 heavy (non-hydrogen) atoms. The van der Waals surface area contributed by atoms with Crippen LogP contribution >= 0.6 is 11.6 Å². The first kappa shape index (κ1) is 22.0. The molecule has 0 N–H and O–H groups in total. The summed E-state index contributed by atoms with van der Waals surface area (Å²) < 4.78 is 29.9. The molecule has 0 atom stereocenters. The van der Waals surface area contributed by atoms with Gasteiger partial charge in [0, 0.05) is 37.9 Å². The molecule has 8 heteroatoms. The summed E-state index contributed by atoms with van der Waals surface area (Å²) in [6.07, 6.45) is 0. The zero-order chi connectivity index (χ0) is 22.8. The van der Waals surface area contributed by atoms with Gasteiger partial charge in [-0.3, -0.25) is 9.59 Å². The van der Waals surface area contributed by atoms with Crippen molar-refractivity contribution in [2.24, 2.45) is 0 Å². The van der Waals surface area contributed by atoms with Gasteiger partial charge in [-0.2, -0.15) is 0 Å². The van der Waals surface area contributed by atoms with Crippen molar-refractivity contribution in [1.29, 1.82) is 0 Å². The number of benzene rings is 2. The summed E-state index contributed by atoms with van der Waals surface area (Å²) in [7, 11) is 0. The van der Waals surface area contributed by atoms with Crippen LogP contribution in [0.25, 0.3) is 16.9 Å². The van der Waals surface area contributed by atoms with Crippen LogP contribution in [0.2, 0.25) is 0 Å². The van der Waals surface area contributed by atoms with Gasteiger partial charge in [0.2, 0.25) is 5.91 Å². The van der Waals surface area contributed by atoms with Crippen LogP contribution in [0.15, 0.2) is 54.6 Å². The van der Waals surface area contributed by atoms with Gasteiger partial charge in [0.25, 0.3) is 5.91 Å². The summed E-state index contributed by atoms with van der Waals surface area (Å²) in [5.74, 6) is -1.82. The molecule has 0 saturated carbocycles. The monoisotopic (exact) mass is 457 g/mol. The Morgan fingerprint density at radius 1 is 0.938 bits per heavy atom. The standard InChI is InChI=1S/C24H22ClF2N3O2/c1-16-19(24(32)29-11-9-28(10-12-29)23(31)15-25)14-22(17-5-3-2-4-6-17)30(16)21-8-7-18(26)13-20(21)27/h2-8,13-14H,9-12,15H2,1H3. The lowest BCUT2D eigenvalue weighted by molar-refractivity contribution is -0.129. The number of hydrogen-bond acceptors (Lipinski definition) is 2. The predicted octanol–water partition coefficient (Wildman–Crippen LogP) is 4.25. The lowest BCUT2D eigenvalue weighted by atomic mass is 10.1. The summed E-state index contributed by atoms with van der Waals surface area (Å²) in [4.78, 5) is 28.5. The van der Waals surface area contributed by atoms with Crippen LogP contribution in [0.1, 0.15) is 16.1 Å². The molecule has 0 unspecified atom stereocenters. The van der Waals surface area contributed by atoms with E-state index >= 15 is 0 Å². The van der Waals surface area contributed by atoms with Crippen molar-refractivity contribution in [1.82, 2.24) is 14.4 Å². The first-order chi connectivity index (χ1) is 15.4. The highest BCUT2D eigenvalue weighted by atomic mass is 35.5. The molecule has 1 fully saturated rings. The number of carbonyl (C=O) groups is 2. The van der Waals surface area contributed by atoms with Gasteiger partial charge < -0.3 is 14.4 Å². The Hall–Kier alpha value is -3.19. The molecule has 1 aliphatic rings. The van der Waals surface area contributed by atoms with E-state index in [1.54, 1.807) is 27.4 Å². The largest absolute Gasteiger partial charge is 0.338 e. The first-order valence-electron chi connectivity index (χ1n) is 10.3. The summed E-state index contributed by atoms with van der Waals surface area (Å²) in [6.45, 7) is 3.34. The summed E-state index contributed by atoms with van der Waals surface area (Å²) >= 11 is 5.63. The van der Waals surface area contributed by atoms with E-state index in [0.29, 0.717) is 43.1 Å². The molecule has 166 valence electrons. The minimum atomic E-state index is -0.715. The quantitative estimate of drug-likeness (QED) is 0.550. The van der Waals surface area contributed by atoms with E-state index in [-0.39, 0.29) is 23.4 Å². The van der Waals surface area contributed by atoms with Crippen LogP contribution in [-0.2, 0) is 4.79 Å². The summed E-state index contributed by atoms with van der Waals surface area (Å²) in [5, 5.41) is 0. The third kappa shape index (κ3) is 4.12. The average molecular weight is 458 g/mol. The molecule has 2 aromatic carbocycles. The molecule has 0 spiro atoms. The molecule has 1 saturated heterocycles. The molecule has 0 bridgehead atoms.